The molecule has 7 heteroatoms. The molecule has 4 aromatic heterocycles. The molecule has 0 aliphatic rings. The van der Waals surface area contributed by atoms with Crippen LogP contribution in [-0.4, -0.2) is 19.1 Å². The number of ether oxygens (including phenoxy) is 1. The van der Waals surface area contributed by atoms with Crippen molar-refractivity contribution in [2.45, 2.75) is 13.8 Å². The van der Waals surface area contributed by atoms with E-state index in [-0.39, 0.29) is 11.1 Å². The van der Waals surface area contributed by atoms with Crippen molar-refractivity contribution >= 4 is 10.9 Å². The van der Waals surface area contributed by atoms with Gasteiger partial charge in [-0.2, -0.15) is 0 Å². The van der Waals surface area contributed by atoms with Gasteiger partial charge >= 0.3 is 0 Å². The highest BCUT2D eigenvalue weighted by Crippen LogP contribution is 2.38. The number of benzene rings is 1. The fourth-order valence-corrected chi connectivity index (χ4v) is 4.19. The van der Waals surface area contributed by atoms with Crippen LogP contribution in [0.4, 0.5) is 0 Å². The van der Waals surface area contributed by atoms with Gasteiger partial charge in [0, 0.05) is 66.5 Å². The van der Waals surface area contributed by atoms with Crippen molar-refractivity contribution in [3.8, 4) is 33.9 Å². The Kier molecular flexibility index (Phi) is 5.17. The normalized spacial score (nSPS) is 11.2. The van der Waals surface area contributed by atoms with Gasteiger partial charge in [-0.25, -0.2) is 0 Å². The van der Waals surface area contributed by atoms with Crippen molar-refractivity contribution in [2.24, 2.45) is 14.1 Å². The Hall–Kier alpha value is -4.39. The van der Waals surface area contributed by atoms with Crippen molar-refractivity contribution in [2.75, 3.05) is 0 Å². The second kappa shape index (κ2) is 8.19. The topological polar surface area (TPSA) is 81.9 Å². The van der Waals surface area contributed by atoms with Gasteiger partial charge in [0.2, 0.25) is 0 Å². The molecule has 170 valence electrons. The zero-order valence-corrected chi connectivity index (χ0v) is 19.4. The van der Waals surface area contributed by atoms with Crippen LogP contribution in [0.15, 0.2) is 76.8 Å². The summed E-state index contributed by atoms with van der Waals surface area (Å²) in [6, 6.07) is 13.2. The van der Waals surface area contributed by atoms with Crippen LogP contribution in [0.3, 0.4) is 0 Å². The molecule has 0 radical (unpaired) electrons. The largest absolute Gasteiger partial charge is 0.455 e. The number of aromatic amines is 1. The van der Waals surface area contributed by atoms with Crippen molar-refractivity contribution in [3.05, 3.63) is 99.1 Å². The number of para-hydroxylation sites is 1. The first-order valence-corrected chi connectivity index (χ1v) is 10.9. The number of aryl methyl sites for hydroxylation is 4. The third-order valence-corrected chi connectivity index (χ3v) is 6.04. The molecule has 0 saturated heterocycles. The first-order chi connectivity index (χ1) is 16.3. The van der Waals surface area contributed by atoms with E-state index in [1.165, 1.54) is 9.13 Å². The molecule has 7 nitrogen and oxygen atoms in total. The lowest BCUT2D eigenvalue weighted by atomic mass is 10.0. The van der Waals surface area contributed by atoms with Gasteiger partial charge in [0.15, 0.2) is 5.75 Å². The molecule has 0 bridgehead atoms. The van der Waals surface area contributed by atoms with E-state index in [0.717, 1.165) is 33.7 Å². The summed E-state index contributed by atoms with van der Waals surface area (Å²) in [5.41, 5.74) is 5.08. The smallest absolute Gasteiger partial charge is 0.274 e. The van der Waals surface area contributed by atoms with Gasteiger partial charge in [0.25, 0.3) is 11.1 Å². The van der Waals surface area contributed by atoms with Gasteiger partial charge in [-0.3, -0.25) is 14.6 Å². The van der Waals surface area contributed by atoms with E-state index >= 15 is 0 Å². The summed E-state index contributed by atoms with van der Waals surface area (Å²) in [4.78, 5) is 33.1. The van der Waals surface area contributed by atoms with Crippen LogP contribution in [0.25, 0.3) is 33.3 Å². The van der Waals surface area contributed by atoms with E-state index in [1.54, 1.807) is 44.9 Å². The number of nitrogens with zero attached hydrogens (tertiary/aromatic N) is 3. The number of H-pyrrole nitrogens is 1. The first-order valence-electron chi connectivity index (χ1n) is 10.9. The van der Waals surface area contributed by atoms with Crippen LogP contribution >= 0.6 is 0 Å². The zero-order valence-electron chi connectivity index (χ0n) is 19.4. The Balaban J connectivity index is 1.78. The molecule has 4 heterocycles. The van der Waals surface area contributed by atoms with Crippen LogP contribution in [0.1, 0.15) is 11.1 Å². The van der Waals surface area contributed by atoms with Crippen LogP contribution < -0.4 is 15.9 Å². The average molecular weight is 453 g/mol. The Morgan fingerprint density at radius 2 is 1.68 bits per heavy atom. The molecule has 0 unspecified atom stereocenters. The van der Waals surface area contributed by atoms with E-state index in [2.05, 4.69) is 9.97 Å². The Morgan fingerprint density at radius 1 is 0.912 bits per heavy atom. The maximum absolute atomic E-state index is 13.0. The molecule has 1 aromatic carbocycles. The third-order valence-electron chi connectivity index (χ3n) is 6.04. The Morgan fingerprint density at radius 3 is 2.38 bits per heavy atom. The number of hydrogen-bond donors (Lipinski definition) is 1. The SMILES string of the molecule is Cc1cccc(C)c1Oc1cn(C)c(=O)cc1-c1cn(C)c(=O)c2[nH]c(-c3cccnc3)cc12. The maximum Gasteiger partial charge on any atom is 0.274 e. The van der Waals surface area contributed by atoms with E-state index in [9.17, 15) is 9.59 Å². The van der Waals surface area contributed by atoms with Gasteiger partial charge in [0.05, 0.1) is 6.20 Å². The fourth-order valence-electron chi connectivity index (χ4n) is 4.19. The lowest BCUT2D eigenvalue weighted by Gasteiger charge is -2.17. The molecule has 5 rings (SSSR count). The molecule has 0 aliphatic heterocycles. The minimum absolute atomic E-state index is 0.157. The molecule has 0 amide bonds. The standard InChI is InChI=1S/C27H24N4O3/c1-16-7-5-8-17(2)26(16)34-23-15-30(3)24(32)12-19(23)21-14-31(4)27(33)25-20(21)11-22(29-25)18-9-6-10-28-13-18/h5-15,29H,1-4H3. The van der Waals surface area contributed by atoms with E-state index in [4.69, 9.17) is 4.74 Å². The second-order valence-corrected chi connectivity index (χ2v) is 8.50. The molecule has 0 atom stereocenters. The first kappa shape index (κ1) is 21.5. The average Bonchev–Trinajstić information content (AvgIpc) is 3.27. The number of fused-ring (bicyclic) bond motifs is 1. The molecule has 0 spiro atoms. The quantitative estimate of drug-likeness (QED) is 0.428. The molecule has 1 N–H and O–H groups in total. The predicted molar refractivity (Wildman–Crippen MR) is 133 cm³/mol. The molecule has 0 saturated carbocycles. The summed E-state index contributed by atoms with van der Waals surface area (Å²) in [5, 5.41) is 0.710. The molecule has 0 fully saturated rings. The molecule has 34 heavy (non-hydrogen) atoms. The highest BCUT2D eigenvalue weighted by atomic mass is 16.5. The van der Waals surface area contributed by atoms with Crippen molar-refractivity contribution in [1.82, 2.24) is 19.1 Å². The van der Waals surface area contributed by atoms with E-state index in [0.29, 0.717) is 22.2 Å². The van der Waals surface area contributed by atoms with Crippen LogP contribution in [0, 0.1) is 13.8 Å². The Bertz CT molecular complexity index is 1640. The fraction of sp³-hybridized carbons (Fsp3) is 0.148. The summed E-state index contributed by atoms with van der Waals surface area (Å²) < 4.78 is 9.41. The van der Waals surface area contributed by atoms with E-state index in [1.807, 2.05) is 50.2 Å². The van der Waals surface area contributed by atoms with Crippen LogP contribution in [0.5, 0.6) is 11.5 Å². The lowest BCUT2D eigenvalue weighted by Crippen LogP contribution is -2.18. The minimum Gasteiger partial charge on any atom is -0.455 e. The number of nitrogens with one attached hydrogen (secondary N) is 1. The van der Waals surface area contributed by atoms with Gasteiger partial charge in [-0.15, -0.1) is 0 Å². The zero-order chi connectivity index (χ0) is 24.0. The summed E-state index contributed by atoms with van der Waals surface area (Å²) >= 11 is 0. The van der Waals surface area contributed by atoms with E-state index < -0.39 is 0 Å². The number of pyridine rings is 3. The summed E-state index contributed by atoms with van der Waals surface area (Å²) in [6.07, 6.45) is 6.88. The van der Waals surface area contributed by atoms with Gasteiger partial charge < -0.3 is 18.9 Å². The molecular formula is C27H24N4O3. The maximum atomic E-state index is 13.0. The second-order valence-electron chi connectivity index (χ2n) is 8.50. The van der Waals surface area contributed by atoms with Gasteiger partial charge in [-0.1, -0.05) is 18.2 Å². The van der Waals surface area contributed by atoms with Crippen molar-refractivity contribution < 1.29 is 4.74 Å². The highest BCUT2D eigenvalue weighted by molar-refractivity contribution is 5.98. The Labute approximate surface area is 195 Å². The summed E-state index contributed by atoms with van der Waals surface area (Å²) in [5.74, 6) is 1.28. The summed E-state index contributed by atoms with van der Waals surface area (Å²) in [6.45, 7) is 3.97. The third kappa shape index (κ3) is 3.61. The van der Waals surface area contributed by atoms with Crippen molar-refractivity contribution in [3.63, 3.8) is 0 Å². The number of hydrogen-bond acceptors (Lipinski definition) is 4. The monoisotopic (exact) mass is 452 g/mol. The summed E-state index contributed by atoms with van der Waals surface area (Å²) in [7, 11) is 3.39. The minimum atomic E-state index is -0.172. The van der Waals surface area contributed by atoms with Gasteiger partial charge in [-0.05, 0) is 43.2 Å². The predicted octanol–water partition coefficient (Wildman–Crippen LogP) is 4.70. The van der Waals surface area contributed by atoms with Crippen LogP contribution in [0.2, 0.25) is 0 Å². The lowest BCUT2D eigenvalue weighted by molar-refractivity contribution is 0.470. The van der Waals surface area contributed by atoms with Crippen molar-refractivity contribution in [1.29, 1.82) is 0 Å². The number of aromatic nitrogens is 4. The molecular weight excluding hydrogens is 428 g/mol. The van der Waals surface area contributed by atoms with Gasteiger partial charge in [0.1, 0.15) is 11.3 Å². The number of rotatable bonds is 4. The molecule has 5 aromatic rings. The molecule has 0 aliphatic carbocycles. The van der Waals surface area contributed by atoms with Crippen LogP contribution in [-0.2, 0) is 14.1 Å². The highest BCUT2D eigenvalue weighted by Gasteiger charge is 2.19.